The van der Waals surface area contributed by atoms with E-state index in [1.54, 1.807) is 36.4 Å². The van der Waals surface area contributed by atoms with Gasteiger partial charge in [-0.25, -0.2) is 8.42 Å². The Labute approximate surface area is 159 Å². The standard InChI is InChI=1S/C19H22ClNO4S/c1-4-18(25-16-9-7-15(20)8-10-16)19(22)21-13(2)14-5-11-17(12-6-14)26(3,23)24/h5-13,18H,4H2,1-3H3,(H,21,22)/t13-,18-/m0/s1. The first kappa shape index (κ1) is 20.3. The van der Waals surface area contributed by atoms with E-state index in [0.29, 0.717) is 17.2 Å². The van der Waals surface area contributed by atoms with Gasteiger partial charge in [0.25, 0.3) is 5.91 Å². The van der Waals surface area contributed by atoms with Crippen molar-refractivity contribution in [3.63, 3.8) is 0 Å². The Balaban J connectivity index is 2.03. The molecule has 0 saturated heterocycles. The van der Waals surface area contributed by atoms with Crippen molar-refractivity contribution in [1.82, 2.24) is 5.32 Å². The number of carbonyl (C=O) groups excluding carboxylic acids is 1. The molecular weight excluding hydrogens is 374 g/mol. The van der Waals surface area contributed by atoms with Crippen LogP contribution in [-0.4, -0.2) is 26.7 Å². The summed E-state index contributed by atoms with van der Waals surface area (Å²) in [6.45, 7) is 3.70. The second-order valence-corrected chi connectivity index (χ2v) is 8.49. The van der Waals surface area contributed by atoms with Gasteiger partial charge in [0.1, 0.15) is 5.75 Å². The van der Waals surface area contributed by atoms with E-state index in [1.165, 1.54) is 12.1 Å². The molecule has 0 unspecified atom stereocenters. The maximum atomic E-state index is 12.5. The Morgan fingerprint density at radius 3 is 2.19 bits per heavy atom. The summed E-state index contributed by atoms with van der Waals surface area (Å²) in [5.41, 5.74) is 0.812. The molecule has 26 heavy (non-hydrogen) atoms. The van der Waals surface area contributed by atoms with E-state index in [4.69, 9.17) is 16.3 Å². The van der Waals surface area contributed by atoms with Gasteiger partial charge in [0.2, 0.25) is 0 Å². The van der Waals surface area contributed by atoms with E-state index in [2.05, 4.69) is 5.32 Å². The number of hydrogen-bond acceptors (Lipinski definition) is 4. The quantitative estimate of drug-likeness (QED) is 0.774. The van der Waals surface area contributed by atoms with Crippen molar-refractivity contribution in [2.24, 2.45) is 0 Å². The Bertz CT molecular complexity index is 848. The van der Waals surface area contributed by atoms with Crippen molar-refractivity contribution in [1.29, 1.82) is 0 Å². The molecule has 0 heterocycles. The molecule has 0 aliphatic rings. The van der Waals surface area contributed by atoms with Crippen LogP contribution in [0.5, 0.6) is 5.75 Å². The van der Waals surface area contributed by atoms with Crippen LogP contribution in [-0.2, 0) is 14.6 Å². The van der Waals surface area contributed by atoms with E-state index in [1.807, 2.05) is 13.8 Å². The fourth-order valence-corrected chi connectivity index (χ4v) is 3.15. The predicted molar refractivity (Wildman–Crippen MR) is 102 cm³/mol. The first-order valence-electron chi connectivity index (χ1n) is 8.23. The maximum Gasteiger partial charge on any atom is 0.261 e. The lowest BCUT2D eigenvalue weighted by Crippen LogP contribution is -2.39. The van der Waals surface area contributed by atoms with Crippen molar-refractivity contribution in [2.75, 3.05) is 6.26 Å². The third kappa shape index (κ3) is 5.47. The average molecular weight is 396 g/mol. The summed E-state index contributed by atoms with van der Waals surface area (Å²) >= 11 is 5.85. The van der Waals surface area contributed by atoms with Crippen LogP contribution >= 0.6 is 11.6 Å². The fraction of sp³-hybridized carbons (Fsp3) is 0.316. The molecule has 0 spiro atoms. The van der Waals surface area contributed by atoms with Gasteiger partial charge in [-0.05, 0) is 55.3 Å². The average Bonchev–Trinajstić information content (AvgIpc) is 2.60. The van der Waals surface area contributed by atoms with Gasteiger partial charge < -0.3 is 10.1 Å². The first-order valence-corrected chi connectivity index (χ1v) is 10.5. The van der Waals surface area contributed by atoms with Crippen LogP contribution in [0.2, 0.25) is 5.02 Å². The number of nitrogens with one attached hydrogen (secondary N) is 1. The van der Waals surface area contributed by atoms with Crippen LogP contribution in [0.1, 0.15) is 31.9 Å². The van der Waals surface area contributed by atoms with Crippen LogP contribution < -0.4 is 10.1 Å². The first-order chi connectivity index (χ1) is 12.2. The molecule has 0 saturated carbocycles. The molecular formula is C19H22ClNO4S. The number of rotatable bonds is 7. The van der Waals surface area contributed by atoms with Crippen molar-refractivity contribution >= 4 is 27.3 Å². The summed E-state index contributed by atoms with van der Waals surface area (Å²) in [6, 6.07) is 13.0. The van der Waals surface area contributed by atoms with Gasteiger partial charge in [-0.2, -0.15) is 0 Å². The van der Waals surface area contributed by atoms with Gasteiger partial charge in [0.15, 0.2) is 15.9 Å². The number of hydrogen-bond donors (Lipinski definition) is 1. The lowest BCUT2D eigenvalue weighted by molar-refractivity contribution is -0.128. The van der Waals surface area contributed by atoms with Crippen LogP contribution in [0.25, 0.3) is 0 Å². The van der Waals surface area contributed by atoms with E-state index in [-0.39, 0.29) is 16.8 Å². The molecule has 2 atom stereocenters. The summed E-state index contributed by atoms with van der Waals surface area (Å²) in [7, 11) is -3.24. The largest absolute Gasteiger partial charge is 0.481 e. The molecule has 7 heteroatoms. The molecule has 1 amide bonds. The number of ether oxygens (including phenoxy) is 1. The molecule has 0 aliphatic heterocycles. The van der Waals surface area contributed by atoms with Gasteiger partial charge in [-0.3, -0.25) is 4.79 Å². The van der Waals surface area contributed by atoms with E-state index in [9.17, 15) is 13.2 Å². The molecule has 140 valence electrons. The van der Waals surface area contributed by atoms with Crippen LogP contribution in [0, 0.1) is 0 Å². The highest BCUT2D eigenvalue weighted by atomic mass is 35.5. The minimum absolute atomic E-state index is 0.234. The fourth-order valence-electron chi connectivity index (χ4n) is 2.39. The highest BCUT2D eigenvalue weighted by Gasteiger charge is 2.21. The molecule has 0 aromatic heterocycles. The minimum atomic E-state index is -3.24. The molecule has 2 aromatic carbocycles. The third-order valence-corrected chi connectivity index (χ3v) is 5.30. The summed E-state index contributed by atoms with van der Waals surface area (Å²) < 4.78 is 28.8. The van der Waals surface area contributed by atoms with Crippen LogP contribution in [0.3, 0.4) is 0 Å². The van der Waals surface area contributed by atoms with Gasteiger partial charge in [-0.1, -0.05) is 30.7 Å². The van der Waals surface area contributed by atoms with Gasteiger partial charge >= 0.3 is 0 Å². The summed E-state index contributed by atoms with van der Waals surface area (Å²) in [5, 5.41) is 3.50. The molecule has 0 aliphatic carbocycles. The van der Waals surface area contributed by atoms with Crippen LogP contribution in [0.4, 0.5) is 0 Å². The van der Waals surface area contributed by atoms with Gasteiger partial charge in [0.05, 0.1) is 10.9 Å². The molecule has 0 fully saturated rings. The van der Waals surface area contributed by atoms with Crippen molar-refractivity contribution in [2.45, 2.75) is 37.3 Å². The number of sulfone groups is 1. The number of benzene rings is 2. The highest BCUT2D eigenvalue weighted by molar-refractivity contribution is 7.90. The van der Waals surface area contributed by atoms with Crippen molar-refractivity contribution < 1.29 is 17.9 Å². The minimum Gasteiger partial charge on any atom is -0.481 e. The van der Waals surface area contributed by atoms with Crippen LogP contribution in [0.15, 0.2) is 53.4 Å². The third-order valence-electron chi connectivity index (χ3n) is 3.92. The lowest BCUT2D eigenvalue weighted by Gasteiger charge is -2.21. The topological polar surface area (TPSA) is 72.5 Å². The molecule has 2 aromatic rings. The Hall–Kier alpha value is -2.05. The molecule has 1 N–H and O–H groups in total. The lowest BCUT2D eigenvalue weighted by atomic mass is 10.1. The Morgan fingerprint density at radius 2 is 1.69 bits per heavy atom. The molecule has 2 rings (SSSR count). The molecule has 0 radical (unpaired) electrons. The van der Waals surface area contributed by atoms with E-state index >= 15 is 0 Å². The Morgan fingerprint density at radius 1 is 1.12 bits per heavy atom. The number of halogens is 1. The SMILES string of the molecule is CC[C@H](Oc1ccc(Cl)cc1)C(=O)N[C@@H](C)c1ccc(S(C)(=O)=O)cc1. The maximum absolute atomic E-state index is 12.5. The van der Waals surface area contributed by atoms with E-state index < -0.39 is 15.9 Å². The predicted octanol–water partition coefficient (Wildman–Crippen LogP) is 3.78. The second-order valence-electron chi connectivity index (χ2n) is 6.04. The summed E-state index contributed by atoms with van der Waals surface area (Å²) in [6.07, 6.45) is 1.04. The molecule has 0 bridgehead atoms. The monoisotopic (exact) mass is 395 g/mol. The smallest absolute Gasteiger partial charge is 0.261 e. The van der Waals surface area contributed by atoms with Gasteiger partial charge in [-0.15, -0.1) is 0 Å². The normalized spacial score (nSPS) is 13.7. The highest BCUT2D eigenvalue weighted by Crippen LogP contribution is 2.19. The summed E-state index contributed by atoms with van der Waals surface area (Å²) in [4.78, 5) is 12.7. The van der Waals surface area contributed by atoms with E-state index in [0.717, 1.165) is 11.8 Å². The Kier molecular flexibility index (Phi) is 6.67. The number of carbonyl (C=O) groups is 1. The van der Waals surface area contributed by atoms with Crippen molar-refractivity contribution in [3.8, 4) is 5.75 Å². The molecule has 5 nitrogen and oxygen atoms in total. The summed E-state index contributed by atoms with van der Waals surface area (Å²) in [5.74, 6) is 0.337. The second kappa shape index (κ2) is 8.56. The van der Waals surface area contributed by atoms with Gasteiger partial charge in [0, 0.05) is 11.3 Å². The zero-order valence-electron chi connectivity index (χ0n) is 14.9. The van der Waals surface area contributed by atoms with Crippen molar-refractivity contribution in [3.05, 3.63) is 59.1 Å². The zero-order chi connectivity index (χ0) is 19.3. The zero-order valence-corrected chi connectivity index (χ0v) is 16.5. The number of amides is 1.